The second-order valence-corrected chi connectivity index (χ2v) is 3.71. The van der Waals surface area contributed by atoms with Crippen LogP contribution in [0.1, 0.15) is 33.6 Å². The molecule has 0 aromatic heterocycles. The zero-order valence-corrected chi connectivity index (χ0v) is 8.98. The van der Waals surface area contributed by atoms with Crippen LogP contribution in [-0.2, 0) is 0 Å². The molecular weight excluding hydrogens is 148 g/mol. The first-order valence-electron chi connectivity index (χ1n) is 5.08. The zero-order chi connectivity index (χ0) is 9.40. The molecule has 74 valence electrons. The summed E-state index contributed by atoms with van der Waals surface area (Å²) < 4.78 is 0. The van der Waals surface area contributed by atoms with Crippen molar-refractivity contribution in [3.63, 3.8) is 0 Å². The highest BCUT2D eigenvalue weighted by Gasteiger charge is 2.01. The second-order valence-electron chi connectivity index (χ2n) is 3.71. The van der Waals surface area contributed by atoms with E-state index < -0.39 is 0 Å². The molecule has 12 heavy (non-hydrogen) atoms. The van der Waals surface area contributed by atoms with Crippen molar-refractivity contribution < 1.29 is 0 Å². The second kappa shape index (κ2) is 7.56. The van der Waals surface area contributed by atoms with Gasteiger partial charge >= 0.3 is 0 Å². The third kappa shape index (κ3) is 6.62. The molecule has 0 aliphatic carbocycles. The minimum atomic E-state index is 0.673. The minimum absolute atomic E-state index is 0.673. The molecule has 0 spiro atoms. The topological polar surface area (TPSA) is 24.1 Å². The molecule has 0 aromatic carbocycles. The van der Waals surface area contributed by atoms with Crippen molar-refractivity contribution in [2.45, 2.75) is 39.7 Å². The maximum absolute atomic E-state index is 3.49. The fourth-order valence-electron chi connectivity index (χ4n) is 1.17. The average molecular weight is 172 g/mol. The molecule has 0 rings (SSSR count). The first kappa shape index (κ1) is 11.9. The largest absolute Gasteiger partial charge is 0.319 e. The van der Waals surface area contributed by atoms with Gasteiger partial charge in [-0.05, 0) is 45.8 Å². The van der Waals surface area contributed by atoms with Gasteiger partial charge in [-0.15, -0.1) is 0 Å². The van der Waals surface area contributed by atoms with Crippen molar-refractivity contribution in [2.24, 2.45) is 5.92 Å². The SMILES string of the molecule is CCC(C)NCCC(C)CNC. The van der Waals surface area contributed by atoms with Crippen LogP contribution in [0.25, 0.3) is 0 Å². The van der Waals surface area contributed by atoms with Crippen LogP contribution < -0.4 is 10.6 Å². The highest BCUT2D eigenvalue weighted by molar-refractivity contribution is 4.61. The third-order valence-electron chi connectivity index (χ3n) is 2.29. The van der Waals surface area contributed by atoms with Gasteiger partial charge < -0.3 is 10.6 Å². The van der Waals surface area contributed by atoms with E-state index in [1.54, 1.807) is 0 Å². The van der Waals surface area contributed by atoms with Crippen LogP contribution in [0.4, 0.5) is 0 Å². The van der Waals surface area contributed by atoms with Crippen LogP contribution in [0.5, 0.6) is 0 Å². The van der Waals surface area contributed by atoms with Crippen molar-refractivity contribution >= 4 is 0 Å². The van der Waals surface area contributed by atoms with Gasteiger partial charge in [0.1, 0.15) is 0 Å². The molecule has 0 heterocycles. The van der Waals surface area contributed by atoms with Gasteiger partial charge in [0.05, 0.1) is 0 Å². The van der Waals surface area contributed by atoms with E-state index in [4.69, 9.17) is 0 Å². The Morgan fingerprint density at radius 1 is 1.25 bits per heavy atom. The predicted octanol–water partition coefficient (Wildman–Crippen LogP) is 1.62. The first-order chi connectivity index (χ1) is 5.70. The van der Waals surface area contributed by atoms with E-state index in [1.165, 1.54) is 12.8 Å². The number of hydrogen-bond acceptors (Lipinski definition) is 2. The Labute approximate surface area is 77.1 Å². The van der Waals surface area contributed by atoms with E-state index in [-0.39, 0.29) is 0 Å². The van der Waals surface area contributed by atoms with E-state index in [0.717, 1.165) is 19.0 Å². The Hall–Kier alpha value is -0.0800. The van der Waals surface area contributed by atoms with Crippen LogP contribution in [-0.4, -0.2) is 26.2 Å². The van der Waals surface area contributed by atoms with Crippen molar-refractivity contribution in [3.05, 3.63) is 0 Å². The highest BCUT2D eigenvalue weighted by atomic mass is 14.9. The minimum Gasteiger partial charge on any atom is -0.319 e. The van der Waals surface area contributed by atoms with E-state index in [1.807, 2.05) is 7.05 Å². The summed E-state index contributed by atoms with van der Waals surface area (Å²) in [6.07, 6.45) is 2.49. The summed E-state index contributed by atoms with van der Waals surface area (Å²) in [7, 11) is 2.01. The van der Waals surface area contributed by atoms with Gasteiger partial charge in [0.2, 0.25) is 0 Å². The zero-order valence-electron chi connectivity index (χ0n) is 8.98. The van der Waals surface area contributed by atoms with Gasteiger partial charge in [-0.3, -0.25) is 0 Å². The molecule has 0 saturated heterocycles. The Morgan fingerprint density at radius 3 is 2.42 bits per heavy atom. The predicted molar refractivity (Wildman–Crippen MR) is 55.5 cm³/mol. The number of nitrogens with one attached hydrogen (secondary N) is 2. The summed E-state index contributed by atoms with van der Waals surface area (Å²) in [4.78, 5) is 0. The molecule has 2 N–H and O–H groups in total. The molecule has 0 bridgehead atoms. The molecule has 2 heteroatoms. The molecule has 0 radical (unpaired) electrons. The summed E-state index contributed by atoms with van der Waals surface area (Å²) >= 11 is 0. The number of rotatable bonds is 7. The molecule has 2 unspecified atom stereocenters. The van der Waals surface area contributed by atoms with Crippen LogP contribution >= 0.6 is 0 Å². The third-order valence-corrected chi connectivity index (χ3v) is 2.29. The van der Waals surface area contributed by atoms with Gasteiger partial charge in [0.15, 0.2) is 0 Å². The molecule has 0 saturated carbocycles. The van der Waals surface area contributed by atoms with Crippen molar-refractivity contribution in [3.8, 4) is 0 Å². The van der Waals surface area contributed by atoms with Crippen molar-refractivity contribution in [1.29, 1.82) is 0 Å². The number of hydrogen-bond donors (Lipinski definition) is 2. The van der Waals surface area contributed by atoms with Crippen LogP contribution in [0, 0.1) is 5.92 Å². The standard InChI is InChI=1S/C10H24N2/c1-5-10(3)12-7-6-9(2)8-11-4/h9-12H,5-8H2,1-4H3. The van der Waals surface area contributed by atoms with Crippen LogP contribution in [0.3, 0.4) is 0 Å². The maximum atomic E-state index is 3.49. The molecular formula is C10H24N2. The molecule has 0 aromatic rings. The monoisotopic (exact) mass is 172 g/mol. The van der Waals surface area contributed by atoms with Gasteiger partial charge in [-0.25, -0.2) is 0 Å². The fourth-order valence-corrected chi connectivity index (χ4v) is 1.17. The van der Waals surface area contributed by atoms with Crippen LogP contribution in [0.2, 0.25) is 0 Å². The van der Waals surface area contributed by atoms with Crippen molar-refractivity contribution in [2.75, 3.05) is 20.1 Å². The Kier molecular flexibility index (Phi) is 7.51. The van der Waals surface area contributed by atoms with E-state index >= 15 is 0 Å². The summed E-state index contributed by atoms with van der Waals surface area (Å²) in [5.74, 6) is 0.784. The van der Waals surface area contributed by atoms with Crippen molar-refractivity contribution in [1.82, 2.24) is 10.6 Å². The molecule has 0 aliphatic rings. The lowest BCUT2D eigenvalue weighted by Gasteiger charge is -2.14. The first-order valence-corrected chi connectivity index (χ1v) is 5.08. The summed E-state index contributed by atoms with van der Waals surface area (Å²) in [6, 6.07) is 0.673. The fraction of sp³-hybridized carbons (Fsp3) is 1.00. The molecule has 2 nitrogen and oxygen atoms in total. The Balaban J connectivity index is 3.18. The summed E-state index contributed by atoms with van der Waals surface area (Å²) in [6.45, 7) is 9.02. The molecule has 0 aliphatic heterocycles. The lowest BCUT2D eigenvalue weighted by molar-refractivity contribution is 0.449. The van der Waals surface area contributed by atoms with Gasteiger partial charge in [-0.1, -0.05) is 13.8 Å². The quantitative estimate of drug-likeness (QED) is 0.610. The molecule has 0 fully saturated rings. The normalized spacial score (nSPS) is 16.0. The van der Waals surface area contributed by atoms with Gasteiger partial charge in [-0.2, -0.15) is 0 Å². The molecule has 0 amide bonds. The average Bonchev–Trinajstić information content (AvgIpc) is 2.04. The van der Waals surface area contributed by atoms with E-state index in [9.17, 15) is 0 Å². The Bertz CT molecular complexity index is 93.8. The van der Waals surface area contributed by atoms with E-state index in [0.29, 0.717) is 6.04 Å². The van der Waals surface area contributed by atoms with Gasteiger partial charge in [0, 0.05) is 6.04 Å². The Morgan fingerprint density at radius 2 is 1.92 bits per heavy atom. The maximum Gasteiger partial charge on any atom is 0.00361 e. The summed E-state index contributed by atoms with van der Waals surface area (Å²) in [5, 5.41) is 6.69. The summed E-state index contributed by atoms with van der Waals surface area (Å²) in [5.41, 5.74) is 0. The molecule has 2 atom stereocenters. The lowest BCUT2D eigenvalue weighted by Crippen LogP contribution is -2.28. The highest BCUT2D eigenvalue weighted by Crippen LogP contribution is 1.98. The smallest absolute Gasteiger partial charge is 0.00361 e. The van der Waals surface area contributed by atoms with Crippen LogP contribution in [0.15, 0.2) is 0 Å². The lowest BCUT2D eigenvalue weighted by atomic mass is 10.1. The van der Waals surface area contributed by atoms with Gasteiger partial charge in [0.25, 0.3) is 0 Å². The van der Waals surface area contributed by atoms with E-state index in [2.05, 4.69) is 31.4 Å².